The van der Waals surface area contributed by atoms with E-state index in [4.69, 9.17) is 16.7 Å². The summed E-state index contributed by atoms with van der Waals surface area (Å²) < 4.78 is 26.0. The molecule has 1 aromatic heterocycles. The second-order valence-corrected chi connectivity index (χ2v) is 3.15. The first-order valence-corrected chi connectivity index (χ1v) is 4.09. The standard InChI is InChI=1S/C9H4ClF2NO/c10-6-2-7(11)8(12)9-5(6)1-4(14)3-13-9/h1-3,14H. The van der Waals surface area contributed by atoms with Crippen molar-refractivity contribution in [1.82, 2.24) is 4.98 Å². The monoisotopic (exact) mass is 215 g/mol. The molecule has 0 radical (unpaired) electrons. The minimum atomic E-state index is -1.07. The number of hydrogen-bond donors (Lipinski definition) is 1. The van der Waals surface area contributed by atoms with Crippen molar-refractivity contribution in [2.24, 2.45) is 0 Å². The summed E-state index contributed by atoms with van der Waals surface area (Å²) in [4.78, 5) is 3.55. The zero-order valence-electron chi connectivity index (χ0n) is 6.76. The molecule has 1 aromatic carbocycles. The zero-order valence-corrected chi connectivity index (χ0v) is 7.52. The highest BCUT2D eigenvalue weighted by Gasteiger charge is 2.12. The maximum atomic E-state index is 13.1. The van der Waals surface area contributed by atoms with Gasteiger partial charge in [0.1, 0.15) is 11.3 Å². The summed E-state index contributed by atoms with van der Waals surface area (Å²) in [5.41, 5.74) is -0.187. The molecule has 0 aliphatic heterocycles. The molecule has 2 aromatic rings. The number of aromatic hydroxyl groups is 1. The molecule has 72 valence electrons. The number of halogens is 3. The molecule has 0 atom stereocenters. The molecule has 2 nitrogen and oxygen atoms in total. The zero-order chi connectivity index (χ0) is 10.3. The average Bonchev–Trinajstić information content (AvgIpc) is 2.14. The highest BCUT2D eigenvalue weighted by molar-refractivity contribution is 6.35. The summed E-state index contributed by atoms with van der Waals surface area (Å²) >= 11 is 5.65. The van der Waals surface area contributed by atoms with Crippen LogP contribution in [0.1, 0.15) is 0 Å². The van der Waals surface area contributed by atoms with Crippen molar-refractivity contribution in [3.05, 3.63) is 35.0 Å². The van der Waals surface area contributed by atoms with Crippen LogP contribution in [0.3, 0.4) is 0 Å². The Morgan fingerprint density at radius 1 is 1.29 bits per heavy atom. The van der Waals surface area contributed by atoms with Gasteiger partial charge in [0.25, 0.3) is 0 Å². The van der Waals surface area contributed by atoms with Crippen LogP contribution in [0.5, 0.6) is 5.75 Å². The number of pyridine rings is 1. The lowest BCUT2D eigenvalue weighted by Gasteiger charge is -2.02. The molecule has 14 heavy (non-hydrogen) atoms. The van der Waals surface area contributed by atoms with Gasteiger partial charge in [0.05, 0.1) is 11.2 Å². The van der Waals surface area contributed by atoms with Crippen molar-refractivity contribution in [3.8, 4) is 5.75 Å². The molecular weight excluding hydrogens is 212 g/mol. The molecule has 0 aliphatic carbocycles. The Morgan fingerprint density at radius 2 is 2.00 bits per heavy atom. The van der Waals surface area contributed by atoms with Gasteiger partial charge in [-0.05, 0) is 12.1 Å². The number of aromatic nitrogens is 1. The van der Waals surface area contributed by atoms with Crippen LogP contribution in [-0.2, 0) is 0 Å². The third-order valence-electron chi connectivity index (χ3n) is 1.80. The molecule has 0 saturated carbocycles. The van der Waals surface area contributed by atoms with E-state index in [-0.39, 0.29) is 21.7 Å². The number of rotatable bonds is 0. The van der Waals surface area contributed by atoms with Gasteiger partial charge in [-0.25, -0.2) is 13.8 Å². The van der Waals surface area contributed by atoms with Crippen molar-refractivity contribution in [3.63, 3.8) is 0 Å². The molecule has 0 saturated heterocycles. The van der Waals surface area contributed by atoms with E-state index in [0.29, 0.717) is 0 Å². The van der Waals surface area contributed by atoms with Gasteiger partial charge in [-0.1, -0.05) is 11.6 Å². The third-order valence-corrected chi connectivity index (χ3v) is 2.11. The maximum absolute atomic E-state index is 13.1. The van der Waals surface area contributed by atoms with Gasteiger partial charge in [0.15, 0.2) is 11.6 Å². The second-order valence-electron chi connectivity index (χ2n) is 2.74. The molecule has 1 N–H and O–H groups in total. The molecule has 0 fully saturated rings. The topological polar surface area (TPSA) is 33.1 Å². The van der Waals surface area contributed by atoms with E-state index in [1.165, 1.54) is 6.07 Å². The highest BCUT2D eigenvalue weighted by Crippen LogP contribution is 2.28. The summed E-state index contributed by atoms with van der Waals surface area (Å²) in [7, 11) is 0. The van der Waals surface area contributed by atoms with Gasteiger partial charge in [0, 0.05) is 5.39 Å². The van der Waals surface area contributed by atoms with Crippen LogP contribution >= 0.6 is 11.6 Å². The van der Waals surface area contributed by atoms with Crippen LogP contribution in [0.25, 0.3) is 10.9 Å². The Labute approximate surface area is 82.8 Å². The lowest BCUT2D eigenvalue weighted by atomic mass is 10.2. The first kappa shape index (κ1) is 9.15. The van der Waals surface area contributed by atoms with Crippen LogP contribution in [0.2, 0.25) is 5.02 Å². The Bertz CT molecular complexity index is 516. The summed E-state index contributed by atoms with van der Waals surface area (Å²) in [5, 5.41) is 9.28. The predicted molar refractivity (Wildman–Crippen MR) is 48.3 cm³/mol. The molecule has 0 amide bonds. The summed E-state index contributed by atoms with van der Waals surface area (Å²) in [6, 6.07) is 2.08. The number of hydrogen-bond acceptors (Lipinski definition) is 2. The molecular formula is C9H4ClF2NO. The van der Waals surface area contributed by atoms with Crippen LogP contribution in [0, 0.1) is 11.6 Å². The van der Waals surface area contributed by atoms with E-state index in [0.717, 1.165) is 12.3 Å². The molecule has 0 bridgehead atoms. The minimum Gasteiger partial charge on any atom is -0.506 e. The fourth-order valence-corrected chi connectivity index (χ4v) is 1.42. The smallest absolute Gasteiger partial charge is 0.185 e. The van der Waals surface area contributed by atoms with Crippen molar-refractivity contribution in [2.75, 3.05) is 0 Å². The number of benzene rings is 1. The molecule has 0 spiro atoms. The maximum Gasteiger partial charge on any atom is 0.185 e. The Balaban J connectivity index is 2.94. The molecule has 1 heterocycles. The fourth-order valence-electron chi connectivity index (χ4n) is 1.18. The SMILES string of the molecule is Oc1cnc2c(F)c(F)cc(Cl)c2c1. The van der Waals surface area contributed by atoms with E-state index in [1.54, 1.807) is 0 Å². The van der Waals surface area contributed by atoms with Gasteiger partial charge in [-0.3, -0.25) is 0 Å². The summed E-state index contributed by atoms with van der Waals surface area (Å²) in [6.07, 6.45) is 1.03. The van der Waals surface area contributed by atoms with Crippen molar-refractivity contribution < 1.29 is 13.9 Å². The normalized spacial score (nSPS) is 10.8. The van der Waals surface area contributed by atoms with Crippen LogP contribution in [0.15, 0.2) is 18.3 Å². The lowest BCUT2D eigenvalue weighted by Crippen LogP contribution is -1.90. The summed E-state index contributed by atoms with van der Waals surface area (Å²) in [6.45, 7) is 0. The van der Waals surface area contributed by atoms with E-state index < -0.39 is 11.6 Å². The average molecular weight is 216 g/mol. The first-order chi connectivity index (χ1) is 6.59. The van der Waals surface area contributed by atoms with Gasteiger partial charge >= 0.3 is 0 Å². The van der Waals surface area contributed by atoms with E-state index >= 15 is 0 Å². The Hall–Kier alpha value is -1.42. The third kappa shape index (κ3) is 1.28. The van der Waals surface area contributed by atoms with Gasteiger partial charge in [0.2, 0.25) is 0 Å². The van der Waals surface area contributed by atoms with Crippen LogP contribution < -0.4 is 0 Å². The van der Waals surface area contributed by atoms with Crippen LogP contribution in [0.4, 0.5) is 8.78 Å². The molecule has 0 aliphatic rings. The fraction of sp³-hybridized carbons (Fsp3) is 0. The van der Waals surface area contributed by atoms with E-state index in [1.807, 2.05) is 0 Å². The van der Waals surface area contributed by atoms with Gasteiger partial charge in [-0.2, -0.15) is 0 Å². The van der Waals surface area contributed by atoms with Crippen LogP contribution in [-0.4, -0.2) is 10.1 Å². The van der Waals surface area contributed by atoms with Crippen molar-refractivity contribution in [1.29, 1.82) is 0 Å². The molecule has 5 heteroatoms. The van der Waals surface area contributed by atoms with Crippen molar-refractivity contribution in [2.45, 2.75) is 0 Å². The molecule has 2 rings (SSSR count). The van der Waals surface area contributed by atoms with Gasteiger partial charge < -0.3 is 5.11 Å². The quantitative estimate of drug-likeness (QED) is 0.686. The minimum absolute atomic E-state index is 0.0160. The highest BCUT2D eigenvalue weighted by atomic mass is 35.5. The van der Waals surface area contributed by atoms with Gasteiger partial charge in [-0.15, -0.1) is 0 Å². The Morgan fingerprint density at radius 3 is 2.71 bits per heavy atom. The number of nitrogens with zero attached hydrogens (tertiary/aromatic N) is 1. The van der Waals surface area contributed by atoms with Crippen molar-refractivity contribution >= 4 is 22.5 Å². The second kappa shape index (κ2) is 3.06. The molecule has 0 unspecified atom stereocenters. The largest absolute Gasteiger partial charge is 0.506 e. The lowest BCUT2D eigenvalue weighted by molar-refractivity contribution is 0.473. The number of fused-ring (bicyclic) bond motifs is 1. The first-order valence-electron chi connectivity index (χ1n) is 3.72. The summed E-state index contributed by atoms with van der Waals surface area (Å²) in [5.74, 6) is -2.27. The van der Waals surface area contributed by atoms with E-state index in [9.17, 15) is 8.78 Å². The predicted octanol–water partition coefficient (Wildman–Crippen LogP) is 2.87. The Kier molecular flexibility index (Phi) is 2.00. The van der Waals surface area contributed by atoms with E-state index in [2.05, 4.69) is 4.98 Å².